The average Bonchev–Trinajstić information content (AvgIpc) is 2.87. The molecule has 0 saturated heterocycles. The van der Waals surface area contributed by atoms with Crippen molar-refractivity contribution in [3.63, 3.8) is 0 Å². The SMILES string of the molecule is CCOc1ccccc1NC(=O)C(C#N)=Cc1ccc(OC)c(COc2ccccc2C(N)=O)c1. The minimum atomic E-state index is -0.597. The third-order valence-corrected chi connectivity index (χ3v) is 4.95. The van der Waals surface area contributed by atoms with E-state index in [0.29, 0.717) is 40.7 Å². The highest BCUT2D eigenvalue weighted by atomic mass is 16.5. The molecule has 2 amide bonds. The van der Waals surface area contributed by atoms with Crippen molar-refractivity contribution in [2.45, 2.75) is 13.5 Å². The lowest BCUT2D eigenvalue weighted by molar-refractivity contribution is -0.112. The Kier molecular flexibility index (Phi) is 8.46. The number of nitrogens with zero attached hydrogens (tertiary/aromatic N) is 1. The van der Waals surface area contributed by atoms with Crippen molar-refractivity contribution in [2.75, 3.05) is 19.0 Å². The Labute approximate surface area is 203 Å². The molecule has 0 aromatic heterocycles. The molecule has 0 unspecified atom stereocenters. The number of methoxy groups -OCH3 is 1. The number of primary amides is 1. The van der Waals surface area contributed by atoms with Gasteiger partial charge in [0, 0.05) is 5.56 Å². The fraction of sp³-hybridized carbons (Fsp3) is 0.148. The van der Waals surface area contributed by atoms with Gasteiger partial charge in [-0.2, -0.15) is 5.26 Å². The summed E-state index contributed by atoms with van der Waals surface area (Å²) in [6, 6.07) is 20.8. The lowest BCUT2D eigenvalue weighted by Gasteiger charge is -2.13. The van der Waals surface area contributed by atoms with E-state index in [0.717, 1.165) is 0 Å². The summed E-state index contributed by atoms with van der Waals surface area (Å²) in [5.74, 6) is 0.240. The van der Waals surface area contributed by atoms with Gasteiger partial charge in [0.25, 0.3) is 11.8 Å². The lowest BCUT2D eigenvalue weighted by Crippen LogP contribution is -2.14. The van der Waals surface area contributed by atoms with Crippen molar-refractivity contribution < 1.29 is 23.8 Å². The van der Waals surface area contributed by atoms with Crippen LogP contribution in [0.5, 0.6) is 17.2 Å². The first kappa shape index (κ1) is 24.9. The van der Waals surface area contributed by atoms with Gasteiger partial charge < -0.3 is 25.3 Å². The van der Waals surface area contributed by atoms with Gasteiger partial charge in [-0.1, -0.05) is 30.3 Å². The Hall–Kier alpha value is -4.77. The summed E-state index contributed by atoms with van der Waals surface area (Å²) in [7, 11) is 1.52. The standard InChI is InChI=1S/C27H25N3O5/c1-3-34-25-11-7-5-9-22(25)30-27(32)19(16-28)14-18-12-13-23(33-2)20(15-18)17-35-24-10-6-4-8-21(24)26(29)31/h4-15H,3,17H2,1-2H3,(H2,29,31)(H,30,32). The summed E-state index contributed by atoms with van der Waals surface area (Å²) in [6.45, 7) is 2.36. The van der Waals surface area contributed by atoms with Crippen molar-refractivity contribution in [1.29, 1.82) is 5.26 Å². The van der Waals surface area contributed by atoms with E-state index in [2.05, 4.69) is 5.32 Å². The molecule has 0 aliphatic carbocycles. The highest BCUT2D eigenvalue weighted by Gasteiger charge is 2.14. The van der Waals surface area contributed by atoms with Crippen LogP contribution in [0.2, 0.25) is 0 Å². The van der Waals surface area contributed by atoms with Crippen molar-refractivity contribution in [3.8, 4) is 23.3 Å². The number of hydrogen-bond acceptors (Lipinski definition) is 6. The van der Waals surface area contributed by atoms with Gasteiger partial charge in [0.15, 0.2) is 0 Å². The highest BCUT2D eigenvalue weighted by molar-refractivity contribution is 6.10. The quantitative estimate of drug-likeness (QED) is 0.335. The molecular weight excluding hydrogens is 446 g/mol. The molecule has 0 radical (unpaired) electrons. The maximum Gasteiger partial charge on any atom is 0.266 e. The monoisotopic (exact) mass is 471 g/mol. The summed E-state index contributed by atoms with van der Waals surface area (Å²) in [6.07, 6.45) is 1.47. The lowest BCUT2D eigenvalue weighted by atomic mass is 10.1. The van der Waals surface area contributed by atoms with Gasteiger partial charge in [0.2, 0.25) is 0 Å². The number of anilines is 1. The molecule has 0 aliphatic heterocycles. The van der Waals surface area contributed by atoms with Crippen LogP contribution in [-0.2, 0) is 11.4 Å². The van der Waals surface area contributed by atoms with Crippen molar-refractivity contribution >= 4 is 23.6 Å². The highest BCUT2D eigenvalue weighted by Crippen LogP contribution is 2.26. The number of nitrogens with two attached hydrogens (primary N) is 1. The van der Waals surface area contributed by atoms with Crippen LogP contribution < -0.4 is 25.3 Å². The van der Waals surface area contributed by atoms with Crippen LogP contribution in [0.25, 0.3) is 6.08 Å². The summed E-state index contributed by atoms with van der Waals surface area (Å²) >= 11 is 0. The largest absolute Gasteiger partial charge is 0.496 e. The molecule has 0 heterocycles. The van der Waals surface area contributed by atoms with Crippen LogP contribution in [0.4, 0.5) is 5.69 Å². The maximum atomic E-state index is 12.8. The number of benzene rings is 3. The Balaban J connectivity index is 1.83. The minimum absolute atomic E-state index is 0.0744. The second-order valence-electron chi connectivity index (χ2n) is 7.27. The van der Waals surface area contributed by atoms with Crippen molar-refractivity contribution in [3.05, 3.63) is 89.0 Å². The van der Waals surface area contributed by atoms with Gasteiger partial charge >= 0.3 is 0 Å². The molecule has 8 heteroatoms. The van der Waals surface area contributed by atoms with E-state index in [-0.39, 0.29) is 17.7 Å². The summed E-state index contributed by atoms with van der Waals surface area (Å²) in [4.78, 5) is 24.4. The van der Waals surface area contributed by atoms with E-state index >= 15 is 0 Å². The van der Waals surface area contributed by atoms with E-state index < -0.39 is 11.8 Å². The van der Waals surface area contributed by atoms with Crippen LogP contribution in [0, 0.1) is 11.3 Å². The summed E-state index contributed by atoms with van der Waals surface area (Å²) in [5, 5.41) is 12.3. The molecule has 3 aromatic carbocycles. The maximum absolute atomic E-state index is 12.8. The number of para-hydroxylation sites is 3. The number of rotatable bonds is 10. The van der Waals surface area contributed by atoms with Crippen LogP contribution >= 0.6 is 0 Å². The van der Waals surface area contributed by atoms with E-state index in [1.54, 1.807) is 66.7 Å². The van der Waals surface area contributed by atoms with Gasteiger partial charge in [0.05, 0.1) is 25.0 Å². The van der Waals surface area contributed by atoms with E-state index in [4.69, 9.17) is 19.9 Å². The number of nitrogens with one attached hydrogen (secondary N) is 1. The molecule has 8 nitrogen and oxygen atoms in total. The van der Waals surface area contributed by atoms with Gasteiger partial charge in [-0.3, -0.25) is 9.59 Å². The molecule has 0 atom stereocenters. The van der Waals surface area contributed by atoms with E-state index in [1.807, 2.05) is 13.0 Å². The second-order valence-corrected chi connectivity index (χ2v) is 7.27. The van der Waals surface area contributed by atoms with E-state index in [1.165, 1.54) is 13.2 Å². The van der Waals surface area contributed by atoms with Crippen molar-refractivity contribution in [1.82, 2.24) is 0 Å². The summed E-state index contributed by atoms with van der Waals surface area (Å²) in [5.41, 5.74) is 7.31. The fourth-order valence-electron chi connectivity index (χ4n) is 3.31. The number of hydrogen-bond donors (Lipinski definition) is 2. The second kappa shape index (κ2) is 11.9. The molecule has 0 fully saturated rings. The molecule has 3 N–H and O–H groups in total. The molecule has 3 aromatic rings. The first-order valence-electron chi connectivity index (χ1n) is 10.8. The Bertz CT molecular complexity index is 1290. The predicted octanol–water partition coefficient (Wildman–Crippen LogP) is 4.32. The number of nitriles is 1. The Morgan fingerprint density at radius 1 is 1.00 bits per heavy atom. The minimum Gasteiger partial charge on any atom is -0.496 e. The topological polar surface area (TPSA) is 124 Å². The fourth-order valence-corrected chi connectivity index (χ4v) is 3.31. The van der Waals surface area contributed by atoms with Gasteiger partial charge in [-0.05, 0) is 55.0 Å². The zero-order valence-electron chi connectivity index (χ0n) is 19.4. The zero-order chi connectivity index (χ0) is 25.2. The third kappa shape index (κ3) is 6.39. The predicted molar refractivity (Wildman–Crippen MR) is 132 cm³/mol. The van der Waals surface area contributed by atoms with E-state index in [9.17, 15) is 14.9 Å². The molecule has 0 aliphatic rings. The molecule has 0 bridgehead atoms. The van der Waals surface area contributed by atoms with Crippen molar-refractivity contribution in [2.24, 2.45) is 5.73 Å². The number of amides is 2. The first-order chi connectivity index (χ1) is 17.0. The number of carbonyl (C=O) groups excluding carboxylic acids is 2. The Morgan fingerprint density at radius 3 is 2.40 bits per heavy atom. The Morgan fingerprint density at radius 2 is 1.71 bits per heavy atom. The van der Waals surface area contributed by atoms with Crippen LogP contribution in [0.1, 0.15) is 28.4 Å². The molecule has 35 heavy (non-hydrogen) atoms. The average molecular weight is 472 g/mol. The van der Waals surface area contributed by atoms with Gasteiger partial charge in [0.1, 0.15) is 35.5 Å². The number of carbonyl (C=O) groups is 2. The zero-order valence-corrected chi connectivity index (χ0v) is 19.4. The smallest absolute Gasteiger partial charge is 0.266 e. The van der Waals surface area contributed by atoms with Gasteiger partial charge in [-0.25, -0.2) is 0 Å². The molecular formula is C27H25N3O5. The molecule has 3 rings (SSSR count). The van der Waals surface area contributed by atoms with Gasteiger partial charge in [-0.15, -0.1) is 0 Å². The van der Waals surface area contributed by atoms with Crippen LogP contribution in [0.3, 0.4) is 0 Å². The molecule has 0 spiro atoms. The van der Waals surface area contributed by atoms with Crippen LogP contribution in [-0.4, -0.2) is 25.5 Å². The molecule has 0 saturated carbocycles. The number of ether oxygens (including phenoxy) is 3. The molecule has 178 valence electrons. The van der Waals surface area contributed by atoms with Crippen LogP contribution in [0.15, 0.2) is 72.3 Å². The third-order valence-electron chi connectivity index (χ3n) is 4.95. The first-order valence-corrected chi connectivity index (χ1v) is 10.8. The summed E-state index contributed by atoms with van der Waals surface area (Å²) < 4.78 is 16.7. The normalized spacial score (nSPS) is 10.7.